The molecular weight excluding hydrogens is 283 g/mol. The number of alkyl halides is 3. The van der Waals surface area contributed by atoms with Gasteiger partial charge in [-0.3, -0.25) is 4.79 Å². The first-order valence-electron chi connectivity index (χ1n) is 6.08. The minimum absolute atomic E-state index is 0.907. The molecule has 2 saturated heterocycles. The zero-order chi connectivity index (χ0) is 15.3. The molecule has 2 aliphatic heterocycles. The van der Waals surface area contributed by atoms with E-state index in [0.29, 0.717) is 0 Å². The topological polar surface area (TPSA) is 77.0 Å². The maximum atomic E-state index is 12.3. The third kappa shape index (κ3) is 2.90. The predicted octanol–water partition coefficient (Wildman–Crippen LogP) is 0.291. The number of ether oxygens (including phenoxy) is 3. The summed E-state index contributed by atoms with van der Waals surface area (Å²) in [5.74, 6) is -3.13. The van der Waals surface area contributed by atoms with Gasteiger partial charge in [-0.15, -0.1) is 0 Å². The molecule has 116 valence electrons. The lowest BCUT2D eigenvalue weighted by atomic mass is 10.0. The molecule has 0 aromatic heterocycles. The first-order valence-corrected chi connectivity index (χ1v) is 6.08. The Bertz CT molecular complexity index is 398. The largest absolute Gasteiger partial charge is 0.471 e. The van der Waals surface area contributed by atoms with Gasteiger partial charge in [-0.1, -0.05) is 0 Å². The fourth-order valence-corrected chi connectivity index (χ4v) is 2.34. The molecule has 2 fully saturated rings. The molecule has 0 aliphatic carbocycles. The van der Waals surface area contributed by atoms with E-state index in [1.165, 1.54) is 6.92 Å². The van der Waals surface area contributed by atoms with Gasteiger partial charge in [0.1, 0.15) is 12.2 Å². The molecule has 0 spiro atoms. The van der Waals surface area contributed by atoms with E-state index in [0.717, 1.165) is 0 Å². The van der Waals surface area contributed by atoms with Gasteiger partial charge in [0.05, 0.1) is 12.1 Å². The minimum Gasteiger partial charge on any atom is -0.391 e. The van der Waals surface area contributed by atoms with Crippen LogP contribution >= 0.6 is 0 Å². The molecule has 1 amide bonds. The normalized spacial score (nSPS) is 37.5. The molecule has 2 rings (SSSR count). The predicted molar refractivity (Wildman–Crippen MR) is 58.4 cm³/mol. The van der Waals surface area contributed by atoms with Crippen molar-refractivity contribution in [2.24, 2.45) is 0 Å². The zero-order valence-electron chi connectivity index (χ0n) is 11.1. The summed E-state index contributed by atoms with van der Waals surface area (Å²) in [4.78, 5) is 11.1. The lowest BCUT2D eigenvalue weighted by Crippen LogP contribution is -2.54. The fourth-order valence-electron chi connectivity index (χ4n) is 2.34. The molecule has 0 unspecified atom stereocenters. The Hall–Kier alpha value is -0.900. The molecule has 6 nitrogen and oxygen atoms in total. The Morgan fingerprint density at radius 3 is 2.45 bits per heavy atom. The van der Waals surface area contributed by atoms with Gasteiger partial charge in [0, 0.05) is 0 Å². The molecule has 2 N–H and O–H groups in total. The fraction of sp³-hybridized carbons (Fsp3) is 0.909. The van der Waals surface area contributed by atoms with Crippen LogP contribution in [-0.2, 0) is 19.0 Å². The number of rotatable bonds is 2. The molecule has 5 atom stereocenters. The molecule has 2 heterocycles. The lowest BCUT2D eigenvalue weighted by Gasteiger charge is -2.28. The highest BCUT2D eigenvalue weighted by Crippen LogP contribution is 2.38. The molecule has 2 aliphatic rings. The van der Waals surface area contributed by atoms with Crippen LogP contribution < -0.4 is 5.32 Å². The molecule has 0 aromatic rings. The number of aliphatic hydroxyl groups is 1. The standard InChI is InChI=1S/C11H16F3NO5/c1-4(16)6-5(15-9(17)11(12,13)14)7-8(18-6)20-10(2,3)19-7/h4-8,16H,1-3H3,(H,15,17)/t4-,5+,6+,7+,8+/m0/s1. The van der Waals surface area contributed by atoms with E-state index in [4.69, 9.17) is 14.2 Å². The average Bonchev–Trinajstić information content (AvgIpc) is 2.71. The van der Waals surface area contributed by atoms with Crippen molar-refractivity contribution in [3.63, 3.8) is 0 Å². The van der Waals surface area contributed by atoms with Crippen molar-refractivity contribution in [1.29, 1.82) is 0 Å². The first-order chi connectivity index (χ1) is 9.01. The Labute approximate surface area is 113 Å². The number of nitrogens with one attached hydrogen (secondary N) is 1. The quantitative estimate of drug-likeness (QED) is 0.766. The summed E-state index contributed by atoms with van der Waals surface area (Å²) in [6.45, 7) is 4.51. The van der Waals surface area contributed by atoms with Gasteiger partial charge in [-0.25, -0.2) is 0 Å². The Kier molecular flexibility index (Phi) is 3.74. The third-order valence-electron chi connectivity index (χ3n) is 3.12. The van der Waals surface area contributed by atoms with Crippen LogP contribution in [0.4, 0.5) is 13.2 Å². The number of fused-ring (bicyclic) bond motifs is 1. The van der Waals surface area contributed by atoms with Crippen LogP contribution in [0.5, 0.6) is 0 Å². The van der Waals surface area contributed by atoms with Crippen LogP contribution in [0.2, 0.25) is 0 Å². The Morgan fingerprint density at radius 2 is 1.95 bits per heavy atom. The van der Waals surface area contributed by atoms with E-state index in [1.54, 1.807) is 19.2 Å². The van der Waals surface area contributed by atoms with E-state index in [9.17, 15) is 23.1 Å². The highest BCUT2D eigenvalue weighted by molar-refractivity contribution is 5.82. The summed E-state index contributed by atoms with van der Waals surface area (Å²) >= 11 is 0. The van der Waals surface area contributed by atoms with Crippen LogP contribution in [0, 0.1) is 0 Å². The second-order valence-corrected chi connectivity index (χ2v) is 5.31. The van der Waals surface area contributed by atoms with E-state index in [2.05, 4.69) is 0 Å². The van der Waals surface area contributed by atoms with Crippen LogP contribution in [0.3, 0.4) is 0 Å². The monoisotopic (exact) mass is 299 g/mol. The summed E-state index contributed by atoms with van der Waals surface area (Å²) in [6.07, 6.45) is -8.98. The number of carbonyl (C=O) groups is 1. The van der Waals surface area contributed by atoms with E-state index in [1.807, 2.05) is 0 Å². The van der Waals surface area contributed by atoms with E-state index < -0.39 is 48.5 Å². The molecular formula is C11H16F3NO5. The summed E-state index contributed by atoms with van der Waals surface area (Å²) in [6, 6.07) is -1.14. The van der Waals surface area contributed by atoms with E-state index in [-0.39, 0.29) is 0 Å². The molecule has 0 bridgehead atoms. The van der Waals surface area contributed by atoms with Crippen molar-refractivity contribution < 1.29 is 37.3 Å². The number of amides is 1. The van der Waals surface area contributed by atoms with Gasteiger partial charge in [0.15, 0.2) is 12.1 Å². The Balaban J connectivity index is 2.15. The zero-order valence-corrected chi connectivity index (χ0v) is 11.1. The highest BCUT2D eigenvalue weighted by Gasteiger charge is 2.57. The maximum Gasteiger partial charge on any atom is 0.471 e. The van der Waals surface area contributed by atoms with Crippen molar-refractivity contribution in [2.75, 3.05) is 0 Å². The van der Waals surface area contributed by atoms with Crippen molar-refractivity contribution in [3.8, 4) is 0 Å². The highest BCUT2D eigenvalue weighted by atomic mass is 19.4. The van der Waals surface area contributed by atoms with Crippen LogP contribution in [0.15, 0.2) is 0 Å². The number of carbonyl (C=O) groups excluding carboxylic acids is 1. The smallest absolute Gasteiger partial charge is 0.391 e. The molecule has 0 aromatic carbocycles. The van der Waals surface area contributed by atoms with Crippen molar-refractivity contribution in [3.05, 3.63) is 0 Å². The van der Waals surface area contributed by atoms with Gasteiger partial charge < -0.3 is 24.6 Å². The second kappa shape index (κ2) is 4.83. The van der Waals surface area contributed by atoms with Crippen molar-refractivity contribution in [2.45, 2.75) is 63.4 Å². The van der Waals surface area contributed by atoms with Gasteiger partial charge in [-0.2, -0.15) is 13.2 Å². The molecule has 0 radical (unpaired) electrons. The molecule has 9 heteroatoms. The van der Waals surface area contributed by atoms with Crippen molar-refractivity contribution >= 4 is 5.91 Å². The van der Waals surface area contributed by atoms with Crippen LogP contribution in [0.25, 0.3) is 0 Å². The van der Waals surface area contributed by atoms with Gasteiger partial charge in [0.25, 0.3) is 0 Å². The number of hydrogen-bond acceptors (Lipinski definition) is 5. The summed E-state index contributed by atoms with van der Waals surface area (Å²) < 4.78 is 53.1. The average molecular weight is 299 g/mol. The van der Waals surface area contributed by atoms with Gasteiger partial charge >= 0.3 is 12.1 Å². The summed E-state index contributed by atoms with van der Waals surface area (Å²) in [5, 5.41) is 11.4. The minimum atomic E-state index is -5.02. The number of hydrogen-bond donors (Lipinski definition) is 2. The van der Waals surface area contributed by atoms with E-state index >= 15 is 0 Å². The SMILES string of the molecule is C[C@H](O)[C@H]1O[C@@H]2OC(C)(C)O[C@@H]2[C@@H]1NC(=O)C(F)(F)F. The first kappa shape index (κ1) is 15.5. The number of aliphatic hydroxyl groups excluding tert-OH is 1. The van der Waals surface area contributed by atoms with Gasteiger partial charge in [0.2, 0.25) is 0 Å². The maximum absolute atomic E-state index is 12.3. The van der Waals surface area contributed by atoms with Crippen LogP contribution in [-0.4, -0.2) is 53.6 Å². The van der Waals surface area contributed by atoms with Gasteiger partial charge in [-0.05, 0) is 20.8 Å². The summed E-state index contributed by atoms with van der Waals surface area (Å²) in [5.41, 5.74) is 0. The van der Waals surface area contributed by atoms with Crippen LogP contribution in [0.1, 0.15) is 20.8 Å². The third-order valence-corrected chi connectivity index (χ3v) is 3.12. The van der Waals surface area contributed by atoms with Crippen molar-refractivity contribution in [1.82, 2.24) is 5.32 Å². The lowest BCUT2D eigenvalue weighted by molar-refractivity contribution is -0.217. The molecule has 20 heavy (non-hydrogen) atoms. The Morgan fingerprint density at radius 1 is 1.35 bits per heavy atom. The molecule has 0 saturated carbocycles. The summed E-state index contributed by atoms with van der Waals surface area (Å²) in [7, 11) is 0. The second-order valence-electron chi connectivity index (χ2n) is 5.31. The number of halogens is 3.